The molecule has 0 aliphatic carbocycles. The Labute approximate surface area is 201 Å². The molecule has 182 valence electrons. The number of hydrogen-bond donors (Lipinski definition) is 2. The first kappa shape index (κ1) is 23.1. The van der Waals surface area contributed by atoms with Crippen LogP contribution in [0.1, 0.15) is 26.7 Å². The Hall–Kier alpha value is -2.66. The third-order valence-corrected chi connectivity index (χ3v) is 9.51. The molecule has 10 nitrogen and oxygen atoms in total. The molecule has 2 N–H and O–H groups in total. The molecule has 3 aliphatic heterocycles. The maximum absolute atomic E-state index is 13.7. The molecular weight excluding hydrogens is 458 g/mol. The summed E-state index contributed by atoms with van der Waals surface area (Å²) in [6, 6.07) is 6.74. The molecule has 1 spiro atoms. The normalized spacial score (nSPS) is 31.8. The molecule has 3 aliphatic rings. The van der Waals surface area contributed by atoms with E-state index in [9.17, 15) is 19.5 Å². The van der Waals surface area contributed by atoms with Gasteiger partial charge in [0.05, 0.1) is 28.7 Å². The number of carbonyl (C=O) groups is 3. The van der Waals surface area contributed by atoms with Gasteiger partial charge in [-0.1, -0.05) is 24.3 Å². The van der Waals surface area contributed by atoms with Crippen LogP contribution in [-0.4, -0.2) is 78.6 Å². The topological polar surface area (TPSA) is 127 Å². The molecule has 34 heavy (non-hydrogen) atoms. The van der Waals surface area contributed by atoms with E-state index >= 15 is 0 Å². The largest absolute Gasteiger partial charge is 0.466 e. The fourth-order valence-corrected chi connectivity index (χ4v) is 8.50. The summed E-state index contributed by atoms with van der Waals surface area (Å²) in [7, 11) is 0. The Morgan fingerprint density at radius 2 is 2.15 bits per heavy atom. The number of thioether (sulfide) groups is 1. The first-order valence-electron chi connectivity index (χ1n) is 11.8. The highest BCUT2D eigenvalue weighted by Gasteiger charge is 2.76. The lowest BCUT2D eigenvalue weighted by atomic mass is 9.66. The fourth-order valence-electron chi connectivity index (χ4n) is 6.09. The van der Waals surface area contributed by atoms with E-state index in [4.69, 9.17) is 4.74 Å². The molecule has 0 saturated carbocycles. The van der Waals surface area contributed by atoms with Gasteiger partial charge < -0.3 is 20.1 Å². The minimum Gasteiger partial charge on any atom is -0.466 e. The number of esters is 1. The molecule has 0 radical (unpaired) electrons. The molecule has 3 saturated heterocycles. The third-order valence-electron chi connectivity index (χ3n) is 7.43. The molecule has 1 aromatic carbocycles. The highest BCUT2D eigenvalue weighted by atomic mass is 32.2. The molecule has 1 aromatic heterocycles. The maximum Gasteiger partial charge on any atom is 0.310 e. The van der Waals surface area contributed by atoms with E-state index in [2.05, 4.69) is 22.6 Å². The number of carbonyl (C=O) groups excluding carboxylic acids is 3. The number of rotatable bonds is 8. The molecule has 6 atom stereocenters. The van der Waals surface area contributed by atoms with E-state index < -0.39 is 22.6 Å². The first-order valence-corrected chi connectivity index (χ1v) is 12.6. The van der Waals surface area contributed by atoms with Crippen LogP contribution >= 0.6 is 11.8 Å². The highest BCUT2D eigenvalue weighted by Crippen LogP contribution is 2.68. The first-order chi connectivity index (χ1) is 16.4. The fraction of sp³-hybridized carbons (Fsp3) is 0.609. The van der Waals surface area contributed by atoms with Crippen LogP contribution in [-0.2, 0) is 25.8 Å². The van der Waals surface area contributed by atoms with Crippen molar-refractivity contribution in [2.24, 2.45) is 17.8 Å². The molecule has 11 heteroatoms. The van der Waals surface area contributed by atoms with E-state index in [0.29, 0.717) is 6.42 Å². The van der Waals surface area contributed by atoms with Crippen LogP contribution in [0.15, 0.2) is 24.3 Å². The van der Waals surface area contributed by atoms with Gasteiger partial charge in [-0.15, -0.1) is 16.9 Å². The molecule has 2 aromatic rings. The summed E-state index contributed by atoms with van der Waals surface area (Å²) in [4.78, 5) is 41.8. The van der Waals surface area contributed by atoms with Gasteiger partial charge in [-0.25, -0.2) is 4.68 Å². The monoisotopic (exact) mass is 487 g/mol. The van der Waals surface area contributed by atoms with Crippen LogP contribution in [0.5, 0.6) is 0 Å². The summed E-state index contributed by atoms with van der Waals surface area (Å²) < 4.78 is 6.24. The van der Waals surface area contributed by atoms with E-state index in [0.717, 1.165) is 17.5 Å². The van der Waals surface area contributed by atoms with Gasteiger partial charge in [-0.3, -0.25) is 14.4 Å². The van der Waals surface area contributed by atoms with Crippen molar-refractivity contribution in [3.63, 3.8) is 0 Å². The molecular formula is C23H29N5O5S. The lowest BCUT2D eigenvalue weighted by Gasteiger charge is -2.38. The Kier molecular flexibility index (Phi) is 6.01. The summed E-state index contributed by atoms with van der Waals surface area (Å²) >= 11 is 1.60. The zero-order chi connectivity index (χ0) is 24.0. The minimum atomic E-state index is -0.740. The van der Waals surface area contributed by atoms with E-state index in [1.165, 1.54) is 0 Å². The number of nitrogens with zero attached hydrogens (tertiary/aromatic N) is 4. The van der Waals surface area contributed by atoms with Crippen molar-refractivity contribution >= 4 is 40.6 Å². The Balaban J connectivity index is 1.45. The zero-order valence-electron chi connectivity index (χ0n) is 19.2. The van der Waals surface area contributed by atoms with Gasteiger partial charge in [-0.2, -0.15) is 0 Å². The number of benzene rings is 1. The van der Waals surface area contributed by atoms with Crippen molar-refractivity contribution in [1.29, 1.82) is 0 Å². The zero-order valence-corrected chi connectivity index (χ0v) is 20.0. The third kappa shape index (κ3) is 3.31. The number of nitrogens with one attached hydrogen (secondary N) is 1. The average molecular weight is 488 g/mol. The molecule has 2 bridgehead atoms. The standard InChI is InChI=1S/C23H29N5O5S/c1-3-33-22(32)17-16-11-13(2)23(34-16)18(17)21(31)27(9-6-10-29)19(23)20(30)24-12-28-15-8-5-4-7-14(15)25-26-28/h4-5,7-8,13,16-19,29H,3,6,9-12H2,1-2H3,(H,24,30)/t13?,16-,17+,18-,19?,23?/m0/s1. The number of likely N-dealkylation sites (tertiary alicyclic amines) is 1. The van der Waals surface area contributed by atoms with Crippen LogP contribution in [0.2, 0.25) is 0 Å². The van der Waals surface area contributed by atoms with Gasteiger partial charge in [0.25, 0.3) is 0 Å². The number of aliphatic hydroxyl groups excluding tert-OH is 1. The van der Waals surface area contributed by atoms with Crippen LogP contribution in [0.3, 0.4) is 0 Å². The Morgan fingerprint density at radius 1 is 1.35 bits per heavy atom. The maximum atomic E-state index is 13.7. The number of para-hydroxylation sites is 1. The summed E-state index contributed by atoms with van der Waals surface area (Å²) in [5.41, 5.74) is 1.53. The van der Waals surface area contributed by atoms with Crippen molar-refractivity contribution < 1.29 is 24.2 Å². The lowest BCUT2D eigenvalue weighted by Crippen LogP contribution is -2.56. The molecule has 3 unspecified atom stereocenters. The summed E-state index contributed by atoms with van der Waals surface area (Å²) in [5, 5.41) is 20.6. The average Bonchev–Trinajstić information content (AvgIpc) is 3.54. The molecule has 4 heterocycles. The van der Waals surface area contributed by atoms with Gasteiger partial charge in [0.2, 0.25) is 11.8 Å². The second-order valence-corrected chi connectivity index (χ2v) is 10.7. The Bertz CT molecular complexity index is 1120. The SMILES string of the molecule is CCOC(=O)[C@@H]1[C@@H]2CC(C)C3(S2)C(C(=O)NCn2nnc4ccccc42)N(CCCO)C(=O)[C@H]13. The van der Waals surface area contributed by atoms with Crippen molar-refractivity contribution in [2.75, 3.05) is 19.8 Å². The van der Waals surface area contributed by atoms with Crippen LogP contribution < -0.4 is 5.32 Å². The van der Waals surface area contributed by atoms with Crippen LogP contribution in [0, 0.1) is 17.8 Å². The van der Waals surface area contributed by atoms with E-state index in [1.807, 2.05) is 24.3 Å². The highest BCUT2D eigenvalue weighted by molar-refractivity contribution is 8.02. The Morgan fingerprint density at radius 3 is 2.91 bits per heavy atom. The van der Waals surface area contributed by atoms with Gasteiger partial charge in [0.1, 0.15) is 18.2 Å². The second-order valence-electron chi connectivity index (χ2n) is 9.19. The molecule has 2 amide bonds. The van der Waals surface area contributed by atoms with E-state index in [-0.39, 0.29) is 55.4 Å². The smallest absolute Gasteiger partial charge is 0.310 e. The molecule has 3 fully saturated rings. The van der Waals surface area contributed by atoms with Crippen molar-refractivity contribution in [1.82, 2.24) is 25.2 Å². The predicted molar refractivity (Wildman–Crippen MR) is 124 cm³/mol. The number of fused-ring (bicyclic) bond motifs is 2. The summed E-state index contributed by atoms with van der Waals surface area (Å²) in [5.74, 6) is -1.92. The minimum absolute atomic E-state index is 0.0439. The number of aliphatic hydroxyl groups is 1. The van der Waals surface area contributed by atoms with E-state index in [1.54, 1.807) is 28.3 Å². The van der Waals surface area contributed by atoms with Gasteiger partial charge in [-0.05, 0) is 37.8 Å². The van der Waals surface area contributed by atoms with Gasteiger partial charge in [0.15, 0.2) is 0 Å². The molecule has 5 rings (SSSR count). The lowest BCUT2D eigenvalue weighted by molar-refractivity contribution is -0.154. The van der Waals surface area contributed by atoms with Crippen LogP contribution in [0.25, 0.3) is 11.0 Å². The number of aromatic nitrogens is 3. The quantitative estimate of drug-likeness (QED) is 0.524. The summed E-state index contributed by atoms with van der Waals surface area (Å²) in [6.07, 6.45) is 1.11. The number of amides is 2. The number of ether oxygens (including phenoxy) is 1. The van der Waals surface area contributed by atoms with Crippen molar-refractivity contribution in [2.45, 2.75) is 49.4 Å². The predicted octanol–water partition coefficient (Wildman–Crippen LogP) is 0.788. The summed E-state index contributed by atoms with van der Waals surface area (Å²) in [6.45, 7) is 4.35. The number of hydrogen-bond acceptors (Lipinski definition) is 8. The van der Waals surface area contributed by atoms with Gasteiger partial charge in [0, 0.05) is 18.4 Å². The van der Waals surface area contributed by atoms with Gasteiger partial charge >= 0.3 is 5.97 Å². The van der Waals surface area contributed by atoms with Crippen LogP contribution in [0.4, 0.5) is 0 Å². The van der Waals surface area contributed by atoms with Crippen molar-refractivity contribution in [3.8, 4) is 0 Å². The second kappa shape index (κ2) is 8.84. The van der Waals surface area contributed by atoms with Crippen molar-refractivity contribution in [3.05, 3.63) is 24.3 Å².